The van der Waals surface area contributed by atoms with Crippen LogP contribution in [0.1, 0.15) is 10.7 Å². The van der Waals surface area contributed by atoms with E-state index in [1.54, 1.807) is 0 Å². The maximum atomic E-state index is 11.1. The minimum absolute atomic E-state index is 0.200. The van der Waals surface area contributed by atoms with Crippen molar-refractivity contribution in [3.63, 3.8) is 0 Å². The number of aromatic nitrogens is 1. The van der Waals surface area contributed by atoms with Crippen LogP contribution in [-0.2, 0) is 22.6 Å². The fourth-order valence-corrected chi connectivity index (χ4v) is 2.36. The zero-order chi connectivity index (χ0) is 13.7. The third kappa shape index (κ3) is 4.33. The van der Waals surface area contributed by atoms with E-state index < -0.39 is 0 Å². The Balaban J connectivity index is 1.89. The van der Waals surface area contributed by atoms with E-state index in [2.05, 4.69) is 25.7 Å². The summed E-state index contributed by atoms with van der Waals surface area (Å²) in [6.07, 6.45) is 0.200. The molecule has 100 valence electrons. The number of thiazole rings is 1. The summed E-state index contributed by atoms with van der Waals surface area (Å²) in [5, 5.41) is 2.68. The molecular formula is C13H12BrNO3S. The average Bonchev–Trinajstić information content (AvgIpc) is 2.85. The first-order valence-electron chi connectivity index (χ1n) is 5.56. The molecule has 6 heteroatoms. The number of esters is 1. The highest BCUT2D eigenvalue weighted by atomic mass is 79.9. The van der Waals surface area contributed by atoms with Gasteiger partial charge in [0.1, 0.15) is 17.4 Å². The fraction of sp³-hybridized carbons (Fsp3) is 0.231. The number of halogens is 1. The molecular weight excluding hydrogens is 330 g/mol. The van der Waals surface area contributed by atoms with Crippen molar-refractivity contribution in [3.8, 4) is 5.75 Å². The average molecular weight is 342 g/mol. The van der Waals surface area contributed by atoms with Gasteiger partial charge in [-0.1, -0.05) is 15.9 Å². The molecule has 0 unspecified atom stereocenters. The Morgan fingerprint density at radius 1 is 1.37 bits per heavy atom. The largest absolute Gasteiger partial charge is 0.486 e. The normalized spacial score (nSPS) is 10.2. The number of rotatable bonds is 5. The molecule has 4 nitrogen and oxygen atoms in total. The van der Waals surface area contributed by atoms with E-state index in [1.807, 2.05) is 29.6 Å². The van der Waals surface area contributed by atoms with Crippen LogP contribution in [0.15, 0.2) is 34.1 Å². The van der Waals surface area contributed by atoms with Crippen LogP contribution in [0.4, 0.5) is 0 Å². The van der Waals surface area contributed by atoms with E-state index in [-0.39, 0.29) is 12.4 Å². The molecule has 0 aliphatic heterocycles. The van der Waals surface area contributed by atoms with Crippen LogP contribution >= 0.6 is 27.3 Å². The molecule has 1 aromatic heterocycles. The molecule has 1 heterocycles. The summed E-state index contributed by atoms with van der Waals surface area (Å²) in [6, 6.07) is 7.60. The van der Waals surface area contributed by atoms with Crippen molar-refractivity contribution in [1.29, 1.82) is 0 Å². The summed E-state index contributed by atoms with van der Waals surface area (Å²) in [7, 11) is 1.37. The van der Waals surface area contributed by atoms with Gasteiger partial charge in [-0.15, -0.1) is 11.3 Å². The van der Waals surface area contributed by atoms with Gasteiger partial charge in [0.05, 0.1) is 19.2 Å². The minimum Gasteiger partial charge on any atom is -0.486 e. The summed E-state index contributed by atoms with van der Waals surface area (Å²) >= 11 is 4.84. The Labute approximate surface area is 123 Å². The monoisotopic (exact) mass is 341 g/mol. The van der Waals surface area contributed by atoms with E-state index in [0.29, 0.717) is 12.3 Å². The summed E-state index contributed by atoms with van der Waals surface area (Å²) in [5.41, 5.74) is 0.714. The first kappa shape index (κ1) is 14.0. The standard InChI is InChI=1S/C13H12BrNO3S/c1-17-13(16)6-10-8-19-12(15-10)7-18-11-4-2-9(14)3-5-11/h2-5,8H,6-7H2,1H3. The highest BCUT2D eigenvalue weighted by Crippen LogP contribution is 2.18. The topological polar surface area (TPSA) is 48.4 Å². The van der Waals surface area contributed by atoms with Gasteiger partial charge in [0.15, 0.2) is 0 Å². The molecule has 19 heavy (non-hydrogen) atoms. The SMILES string of the molecule is COC(=O)Cc1csc(COc2ccc(Br)cc2)n1. The highest BCUT2D eigenvalue weighted by Gasteiger charge is 2.08. The fourth-order valence-electron chi connectivity index (χ4n) is 1.39. The van der Waals surface area contributed by atoms with E-state index in [0.717, 1.165) is 15.2 Å². The van der Waals surface area contributed by atoms with Crippen molar-refractivity contribution in [3.05, 3.63) is 44.8 Å². The van der Waals surface area contributed by atoms with E-state index in [9.17, 15) is 4.79 Å². The van der Waals surface area contributed by atoms with Crippen LogP contribution in [0, 0.1) is 0 Å². The van der Waals surface area contributed by atoms with Gasteiger partial charge >= 0.3 is 5.97 Å². The third-order valence-corrected chi connectivity index (χ3v) is 3.73. The Morgan fingerprint density at radius 3 is 2.79 bits per heavy atom. The number of nitrogens with zero attached hydrogens (tertiary/aromatic N) is 1. The summed E-state index contributed by atoms with van der Waals surface area (Å²) in [5.74, 6) is 0.499. The van der Waals surface area contributed by atoms with Crippen molar-refractivity contribution >= 4 is 33.2 Å². The van der Waals surface area contributed by atoms with Gasteiger partial charge in [0.2, 0.25) is 0 Å². The molecule has 0 saturated carbocycles. The maximum Gasteiger partial charge on any atom is 0.311 e. The molecule has 0 radical (unpaired) electrons. The van der Waals surface area contributed by atoms with Gasteiger partial charge in [0, 0.05) is 9.85 Å². The van der Waals surface area contributed by atoms with E-state index >= 15 is 0 Å². The van der Waals surface area contributed by atoms with Gasteiger partial charge < -0.3 is 9.47 Å². The highest BCUT2D eigenvalue weighted by molar-refractivity contribution is 9.10. The van der Waals surface area contributed by atoms with E-state index in [1.165, 1.54) is 18.4 Å². The predicted octanol–water partition coefficient (Wildman–Crippen LogP) is 3.20. The molecule has 0 aliphatic rings. The predicted molar refractivity (Wildman–Crippen MR) is 76.3 cm³/mol. The maximum absolute atomic E-state index is 11.1. The lowest BCUT2D eigenvalue weighted by atomic mass is 10.3. The first-order chi connectivity index (χ1) is 9.17. The molecule has 2 rings (SSSR count). The second-order valence-corrected chi connectivity index (χ2v) is 5.59. The molecule has 2 aromatic rings. The second kappa shape index (κ2) is 6.68. The Hall–Kier alpha value is -1.40. The lowest BCUT2D eigenvalue weighted by Gasteiger charge is -2.03. The Kier molecular flexibility index (Phi) is 4.93. The molecule has 0 spiro atoms. The van der Waals surface area contributed by atoms with Crippen LogP contribution in [-0.4, -0.2) is 18.1 Å². The summed E-state index contributed by atoms with van der Waals surface area (Å²) < 4.78 is 11.2. The number of ether oxygens (including phenoxy) is 2. The van der Waals surface area contributed by atoms with Gasteiger partial charge in [-0.3, -0.25) is 4.79 Å². The number of methoxy groups -OCH3 is 1. The zero-order valence-electron chi connectivity index (χ0n) is 10.3. The van der Waals surface area contributed by atoms with Crippen molar-refractivity contribution in [1.82, 2.24) is 4.98 Å². The molecule has 0 atom stereocenters. The van der Waals surface area contributed by atoms with Crippen LogP contribution in [0.25, 0.3) is 0 Å². The minimum atomic E-state index is -0.286. The molecule has 0 fully saturated rings. The second-order valence-electron chi connectivity index (χ2n) is 3.73. The number of carbonyl (C=O) groups excluding carboxylic acids is 1. The molecule has 0 bridgehead atoms. The van der Waals surface area contributed by atoms with Gasteiger partial charge in [-0.25, -0.2) is 4.98 Å². The molecule has 0 amide bonds. The summed E-state index contributed by atoms with van der Waals surface area (Å²) in [4.78, 5) is 15.4. The number of carbonyl (C=O) groups is 1. The Bertz CT molecular complexity index is 553. The Morgan fingerprint density at radius 2 is 2.11 bits per heavy atom. The van der Waals surface area contributed by atoms with Crippen molar-refractivity contribution in [2.24, 2.45) is 0 Å². The van der Waals surface area contributed by atoms with Crippen molar-refractivity contribution in [2.45, 2.75) is 13.0 Å². The van der Waals surface area contributed by atoms with E-state index in [4.69, 9.17) is 4.74 Å². The smallest absolute Gasteiger partial charge is 0.311 e. The van der Waals surface area contributed by atoms with Gasteiger partial charge in [-0.2, -0.15) is 0 Å². The van der Waals surface area contributed by atoms with Gasteiger partial charge in [0.25, 0.3) is 0 Å². The zero-order valence-corrected chi connectivity index (χ0v) is 12.7. The number of hydrogen-bond donors (Lipinski definition) is 0. The van der Waals surface area contributed by atoms with Crippen LogP contribution in [0.2, 0.25) is 0 Å². The van der Waals surface area contributed by atoms with Gasteiger partial charge in [-0.05, 0) is 24.3 Å². The number of hydrogen-bond acceptors (Lipinski definition) is 5. The molecule has 1 aromatic carbocycles. The summed E-state index contributed by atoms with van der Waals surface area (Å²) in [6.45, 7) is 0.396. The number of benzene rings is 1. The van der Waals surface area contributed by atoms with Crippen LogP contribution in [0.3, 0.4) is 0 Å². The van der Waals surface area contributed by atoms with Crippen molar-refractivity contribution in [2.75, 3.05) is 7.11 Å². The lowest BCUT2D eigenvalue weighted by molar-refractivity contribution is -0.139. The third-order valence-electron chi connectivity index (χ3n) is 2.33. The van der Waals surface area contributed by atoms with Crippen LogP contribution < -0.4 is 4.74 Å². The molecule has 0 aliphatic carbocycles. The molecule has 0 N–H and O–H groups in total. The quantitative estimate of drug-likeness (QED) is 0.783. The lowest BCUT2D eigenvalue weighted by Crippen LogP contribution is -2.05. The first-order valence-corrected chi connectivity index (χ1v) is 7.23. The van der Waals surface area contributed by atoms with Crippen molar-refractivity contribution < 1.29 is 14.3 Å². The molecule has 0 saturated heterocycles. The van der Waals surface area contributed by atoms with Crippen LogP contribution in [0.5, 0.6) is 5.75 Å².